The maximum atomic E-state index is 14.1. The smallest absolute Gasteiger partial charge is 0.422 e. The molecule has 4 fully saturated rings. The van der Waals surface area contributed by atoms with E-state index in [9.17, 15) is 22.8 Å². The summed E-state index contributed by atoms with van der Waals surface area (Å²) in [4.78, 5) is 43.2. The van der Waals surface area contributed by atoms with E-state index in [-0.39, 0.29) is 28.9 Å². The lowest BCUT2D eigenvalue weighted by Gasteiger charge is -2.54. The van der Waals surface area contributed by atoms with Crippen LogP contribution in [0, 0.1) is 12.3 Å². The zero-order chi connectivity index (χ0) is 39.4. The number of anilines is 1. The first-order valence-electron chi connectivity index (χ1n) is 19.7. The van der Waals surface area contributed by atoms with Crippen molar-refractivity contribution in [3.05, 3.63) is 60.6 Å². The highest BCUT2D eigenvalue weighted by Gasteiger charge is 2.46. The number of alkyl halides is 3. The molecule has 296 valence electrons. The van der Waals surface area contributed by atoms with Crippen LogP contribution in [0.3, 0.4) is 0 Å². The molecule has 2 aromatic carbocycles. The van der Waals surface area contributed by atoms with Gasteiger partial charge in [0, 0.05) is 79.9 Å². The van der Waals surface area contributed by atoms with Gasteiger partial charge >= 0.3 is 6.18 Å². The number of aromatic nitrogens is 4. The number of carbonyl (C=O) groups is 2. The number of H-pyrrole nitrogens is 1. The van der Waals surface area contributed by atoms with Crippen molar-refractivity contribution in [2.45, 2.75) is 70.5 Å². The highest BCUT2D eigenvalue weighted by Crippen LogP contribution is 2.48. The van der Waals surface area contributed by atoms with Gasteiger partial charge in [-0.3, -0.25) is 14.7 Å². The van der Waals surface area contributed by atoms with Crippen LogP contribution in [0.5, 0.6) is 5.75 Å². The van der Waals surface area contributed by atoms with Gasteiger partial charge in [0.15, 0.2) is 12.4 Å². The zero-order valence-corrected chi connectivity index (χ0v) is 32.1. The Morgan fingerprint density at radius 3 is 2.32 bits per heavy atom. The minimum atomic E-state index is -4.60. The number of halogens is 3. The average Bonchev–Trinajstić information content (AvgIpc) is 3.67. The second kappa shape index (κ2) is 14.8. The Morgan fingerprint density at radius 2 is 1.68 bits per heavy atom. The summed E-state index contributed by atoms with van der Waals surface area (Å²) >= 11 is 0. The topological polar surface area (TPSA) is 111 Å². The lowest BCUT2D eigenvalue weighted by Crippen LogP contribution is -2.61. The van der Waals surface area contributed by atoms with Gasteiger partial charge in [-0.1, -0.05) is 25.3 Å². The van der Waals surface area contributed by atoms with Gasteiger partial charge < -0.3 is 24.3 Å². The van der Waals surface area contributed by atoms with E-state index < -0.39 is 12.8 Å². The number of likely N-dealkylation sites (tertiary alicyclic amines) is 3. The number of amides is 2. The van der Waals surface area contributed by atoms with E-state index in [1.807, 2.05) is 34.9 Å². The van der Waals surface area contributed by atoms with E-state index in [1.54, 1.807) is 19.2 Å². The third-order valence-corrected chi connectivity index (χ3v) is 12.6. The van der Waals surface area contributed by atoms with E-state index >= 15 is 0 Å². The maximum Gasteiger partial charge on any atom is 0.422 e. The van der Waals surface area contributed by atoms with Crippen LogP contribution in [0.25, 0.3) is 39.0 Å². The number of aryl methyl sites for hydroxylation is 1. The lowest BCUT2D eigenvalue weighted by molar-refractivity contribution is -0.153. The van der Waals surface area contributed by atoms with Crippen molar-refractivity contribution in [3.8, 4) is 16.9 Å². The number of hydrogen-bond donors (Lipinski definition) is 1. The fourth-order valence-corrected chi connectivity index (χ4v) is 9.48. The molecule has 0 aliphatic carbocycles. The standard InChI is InChI=1S/C42H49F3N8O3/c1-5-28-21-31-37(38(56-25-42(43,44)45)36(28)35-26(3)7-8-33-32(35)22-46-49-33)47-39(29-9-15-51(16-10-29)30-11-17-50(18-12-30)27(4)54)48-40(31)52-19-13-41(14-20-52)23-53(24-41)34(55)6-2/h5-8,21-22,29-30H,1-2,9-20,23-25H2,3-4H3,(H,46,49). The van der Waals surface area contributed by atoms with Crippen molar-refractivity contribution in [1.82, 2.24) is 34.9 Å². The van der Waals surface area contributed by atoms with Crippen LogP contribution in [0.4, 0.5) is 19.0 Å². The highest BCUT2D eigenvalue weighted by molar-refractivity contribution is 6.07. The predicted octanol–water partition coefficient (Wildman–Crippen LogP) is 6.87. The zero-order valence-electron chi connectivity index (χ0n) is 32.1. The SMILES string of the molecule is C=CC(=O)N1CC2(CCN(c3nc(C4CCN(C5CCN(C(C)=O)CC5)CC4)nc4c(OCC(F)(F)F)c(-c5c(C)ccc6[nH]ncc56)c(C=C)cc34)CC2)C1. The summed E-state index contributed by atoms with van der Waals surface area (Å²) in [6.45, 7) is 15.8. The first kappa shape index (κ1) is 37.9. The summed E-state index contributed by atoms with van der Waals surface area (Å²) in [5.41, 5.74) is 3.77. The molecule has 0 bridgehead atoms. The molecule has 11 nitrogen and oxygen atoms in total. The molecule has 4 saturated heterocycles. The second-order valence-electron chi connectivity index (χ2n) is 16.1. The van der Waals surface area contributed by atoms with Crippen molar-refractivity contribution in [2.75, 3.05) is 63.9 Å². The number of piperidine rings is 3. The molecular weight excluding hydrogens is 722 g/mol. The number of ether oxygens (including phenoxy) is 1. The molecule has 4 aliphatic heterocycles. The van der Waals surface area contributed by atoms with Crippen LogP contribution in [0.1, 0.15) is 68.3 Å². The van der Waals surface area contributed by atoms with E-state index in [2.05, 4.69) is 33.2 Å². The van der Waals surface area contributed by atoms with Gasteiger partial charge in [-0.15, -0.1) is 0 Å². The van der Waals surface area contributed by atoms with Crippen molar-refractivity contribution in [2.24, 2.45) is 5.41 Å². The van der Waals surface area contributed by atoms with Crippen LogP contribution in [0.15, 0.2) is 43.6 Å². The quantitative estimate of drug-likeness (QED) is 0.194. The minimum absolute atomic E-state index is 0.00927. The van der Waals surface area contributed by atoms with Gasteiger partial charge in [0.2, 0.25) is 11.8 Å². The molecule has 0 radical (unpaired) electrons. The molecule has 2 amide bonds. The van der Waals surface area contributed by atoms with Crippen LogP contribution >= 0.6 is 0 Å². The number of benzene rings is 2. The van der Waals surface area contributed by atoms with Gasteiger partial charge in [0.25, 0.3) is 0 Å². The molecule has 56 heavy (non-hydrogen) atoms. The third kappa shape index (κ3) is 7.12. The predicted molar refractivity (Wildman–Crippen MR) is 210 cm³/mol. The maximum absolute atomic E-state index is 14.1. The van der Waals surface area contributed by atoms with Crippen LogP contribution < -0.4 is 9.64 Å². The number of nitrogens with zero attached hydrogens (tertiary/aromatic N) is 7. The van der Waals surface area contributed by atoms with Gasteiger partial charge in [0.1, 0.15) is 17.2 Å². The molecule has 2 aromatic heterocycles. The Balaban J connectivity index is 1.21. The molecule has 1 spiro atoms. The first-order valence-corrected chi connectivity index (χ1v) is 19.7. The third-order valence-electron chi connectivity index (χ3n) is 12.6. The molecular formula is C42H49F3N8O3. The molecule has 14 heteroatoms. The molecule has 0 saturated carbocycles. The van der Waals surface area contributed by atoms with Crippen molar-refractivity contribution in [1.29, 1.82) is 0 Å². The number of carbonyl (C=O) groups excluding carboxylic acids is 2. The van der Waals surface area contributed by atoms with Crippen LogP contribution in [-0.2, 0) is 9.59 Å². The molecule has 0 unspecified atom stereocenters. The fraction of sp³-hybridized carbons (Fsp3) is 0.500. The normalized spacial score (nSPS) is 19.8. The summed E-state index contributed by atoms with van der Waals surface area (Å²) in [6, 6.07) is 6.17. The van der Waals surface area contributed by atoms with Crippen LogP contribution in [-0.4, -0.2) is 118 Å². The minimum Gasteiger partial charge on any atom is -0.481 e. The van der Waals surface area contributed by atoms with Crippen molar-refractivity contribution in [3.63, 3.8) is 0 Å². The molecule has 4 aliphatic rings. The van der Waals surface area contributed by atoms with E-state index in [1.165, 1.54) is 6.08 Å². The fourth-order valence-electron chi connectivity index (χ4n) is 9.48. The monoisotopic (exact) mass is 770 g/mol. The van der Waals surface area contributed by atoms with Gasteiger partial charge in [-0.25, -0.2) is 9.97 Å². The lowest BCUT2D eigenvalue weighted by atomic mass is 9.72. The molecule has 8 rings (SSSR count). The first-order chi connectivity index (χ1) is 26.9. The molecule has 4 aromatic rings. The molecule has 6 heterocycles. The highest BCUT2D eigenvalue weighted by atomic mass is 19.4. The van der Waals surface area contributed by atoms with Gasteiger partial charge in [-0.05, 0) is 93.4 Å². The Labute approximate surface area is 324 Å². The summed E-state index contributed by atoms with van der Waals surface area (Å²) in [5.74, 6) is 1.39. The number of fused-ring (bicyclic) bond motifs is 2. The van der Waals surface area contributed by atoms with Gasteiger partial charge in [0.05, 0.1) is 11.7 Å². The van der Waals surface area contributed by atoms with E-state index in [0.29, 0.717) is 71.5 Å². The van der Waals surface area contributed by atoms with Gasteiger partial charge in [-0.2, -0.15) is 18.3 Å². The Bertz CT molecular complexity index is 2170. The van der Waals surface area contributed by atoms with E-state index in [4.69, 9.17) is 14.7 Å². The Hall–Kier alpha value is -4.98. The summed E-state index contributed by atoms with van der Waals surface area (Å²) in [5, 5.41) is 8.62. The molecule has 0 atom stereocenters. The largest absolute Gasteiger partial charge is 0.481 e. The van der Waals surface area contributed by atoms with Crippen molar-refractivity contribution >= 4 is 45.5 Å². The number of rotatable bonds is 8. The van der Waals surface area contributed by atoms with Crippen molar-refractivity contribution < 1.29 is 27.5 Å². The van der Waals surface area contributed by atoms with Crippen LogP contribution in [0.2, 0.25) is 0 Å². The second-order valence-corrected chi connectivity index (χ2v) is 16.1. The molecule has 1 N–H and O–H groups in total. The van der Waals surface area contributed by atoms with E-state index in [0.717, 1.165) is 81.2 Å². The Morgan fingerprint density at radius 1 is 0.964 bits per heavy atom. The number of aromatic amines is 1. The average molecular weight is 771 g/mol. The number of hydrogen-bond acceptors (Lipinski definition) is 8. The summed E-state index contributed by atoms with van der Waals surface area (Å²) in [6.07, 6.45) is 5.29. The number of nitrogens with one attached hydrogen (secondary N) is 1. The summed E-state index contributed by atoms with van der Waals surface area (Å²) < 4.78 is 48.2. The summed E-state index contributed by atoms with van der Waals surface area (Å²) in [7, 11) is 0. The Kier molecular flexibility index (Phi) is 10.0.